The van der Waals surface area contributed by atoms with Crippen molar-refractivity contribution in [3.63, 3.8) is 0 Å². The number of aromatic nitrogens is 3. The van der Waals surface area contributed by atoms with Gasteiger partial charge in [0.1, 0.15) is 18.4 Å². The Balaban J connectivity index is 1.43. The maximum absolute atomic E-state index is 12.7. The van der Waals surface area contributed by atoms with Gasteiger partial charge in [-0.1, -0.05) is 47.1 Å². The number of halogens is 2. The number of hydrogen-bond acceptors (Lipinski definition) is 6. The van der Waals surface area contributed by atoms with E-state index in [0.29, 0.717) is 44.1 Å². The fraction of sp³-hybridized carbons (Fsp3) is 0.273. The van der Waals surface area contributed by atoms with Gasteiger partial charge in [0, 0.05) is 11.7 Å². The standard InChI is InChI=1S/C22H19Cl2N5O2S/c1-13(21(30)26-15-7-6-14(11-25)18(24)10-15)32-22-28-27-20(29(22)16-8-9-16)12-31-19-5-3-2-4-17(19)23/h2-7,10,13,16H,8-9,12H2,1H3,(H,26,30). The molecule has 0 aliphatic heterocycles. The summed E-state index contributed by atoms with van der Waals surface area (Å²) in [5.74, 6) is 1.08. The van der Waals surface area contributed by atoms with Crippen molar-refractivity contribution >= 4 is 46.6 Å². The van der Waals surface area contributed by atoms with Gasteiger partial charge in [0.2, 0.25) is 5.91 Å². The summed E-state index contributed by atoms with van der Waals surface area (Å²) in [6.07, 6.45) is 2.07. The molecule has 0 radical (unpaired) electrons. The van der Waals surface area contributed by atoms with E-state index in [1.54, 1.807) is 37.3 Å². The summed E-state index contributed by atoms with van der Waals surface area (Å²) in [4.78, 5) is 12.7. The Morgan fingerprint density at radius 2 is 2.06 bits per heavy atom. The zero-order valence-corrected chi connectivity index (χ0v) is 19.4. The topological polar surface area (TPSA) is 92.8 Å². The summed E-state index contributed by atoms with van der Waals surface area (Å²) < 4.78 is 7.88. The van der Waals surface area contributed by atoms with Gasteiger partial charge in [0.05, 0.1) is 20.9 Å². The van der Waals surface area contributed by atoms with E-state index in [1.165, 1.54) is 11.8 Å². The van der Waals surface area contributed by atoms with Crippen LogP contribution >= 0.6 is 35.0 Å². The number of hydrogen-bond donors (Lipinski definition) is 1. The average Bonchev–Trinajstić information content (AvgIpc) is 3.54. The summed E-state index contributed by atoms with van der Waals surface area (Å²) >= 11 is 13.6. The molecule has 7 nitrogen and oxygen atoms in total. The Hall–Kier alpha value is -2.73. The molecule has 1 saturated carbocycles. The third-order valence-corrected chi connectivity index (χ3v) is 6.53. The van der Waals surface area contributed by atoms with Crippen LogP contribution in [-0.2, 0) is 11.4 Å². The number of carbonyl (C=O) groups excluding carboxylic acids is 1. The van der Waals surface area contributed by atoms with Gasteiger partial charge in [0.25, 0.3) is 0 Å². The molecule has 3 aromatic rings. The summed E-state index contributed by atoms with van der Waals surface area (Å²) in [7, 11) is 0. The maximum Gasteiger partial charge on any atom is 0.237 e. The molecule has 1 aliphatic carbocycles. The summed E-state index contributed by atoms with van der Waals surface area (Å²) in [5, 5.41) is 21.5. The zero-order chi connectivity index (χ0) is 22.7. The van der Waals surface area contributed by atoms with Crippen molar-refractivity contribution in [2.75, 3.05) is 5.32 Å². The number of nitrogens with zero attached hydrogens (tertiary/aromatic N) is 4. The molecule has 0 spiro atoms. The van der Waals surface area contributed by atoms with Crippen molar-refractivity contribution in [1.82, 2.24) is 14.8 Å². The molecule has 1 atom stereocenters. The maximum atomic E-state index is 12.7. The van der Waals surface area contributed by atoms with E-state index in [4.69, 9.17) is 33.2 Å². The third-order valence-electron chi connectivity index (χ3n) is 4.85. The Morgan fingerprint density at radius 3 is 2.75 bits per heavy atom. The fourth-order valence-electron chi connectivity index (χ4n) is 3.03. The van der Waals surface area contributed by atoms with Crippen LogP contribution in [0, 0.1) is 11.3 Å². The highest BCUT2D eigenvalue weighted by Crippen LogP contribution is 2.40. The van der Waals surface area contributed by atoms with Gasteiger partial charge >= 0.3 is 0 Å². The molecule has 0 saturated heterocycles. The predicted octanol–water partition coefficient (Wildman–Crippen LogP) is 5.49. The second kappa shape index (κ2) is 9.82. The van der Waals surface area contributed by atoms with Crippen molar-refractivity contribution in [1.29, 1.82) is 5.26 Å². The first-order valence-electron chi connectivity index (χ1n) is 9.94. The molecule has 4 rings (SSSR count). The Bertz CT molecular complexity index is 1190. The third kappa shape index (κ3) is 5.18. The summed E-state index contributed by atoms with van der Waals surface area (Å²) in [5.41, 5.74) is 0.889. The largest absolute Gasteiger partial charge is 0.484 e. The molecule has 1 fully saturated rings. The van der Waals surface area contributed by atoms with Crippen LogP contribution in [0.15, 0.2) is 47.6 Å². The normalized spacial score (nSPS) is 13.9. The Labute approximate surface area is 199 Å². The molecule has 1 N–H and O–H groups in total. The van der Waals surface area contributed by atoms with Crippen LogP contribution < -0.4 is 10.1 Å². The number of amides is 1. The first-order chi connectivity index (χ1) is 15.5. The van der Waals surface area contributed by atoms with Crippen molar-refractivity contribution in [2.24, 2.45) is 0 Å². The molecule has 2 aromatic carbocycles. The van der Waals surface area contributed by atoms with E-state index < -0.39 is 5.25 Å². The number of benzene rings is 2. The van der Waals surface area contributed by atoms with Crippen LogP contribution in [0.1, 0.15) is 37.2 Å². The molecule has 164 valence electrons. The van der Waals surface area contributed by atoms with E-state index >= 15 is 0 Å². The van der Waals surface area contributed by atoms with Crippen LogP contribution in [0.5, 0.6) is 5.75 Å². The van der Waals surface area contributed by atoms with E-state index in [2.05, 4.69) is 15.5 Å². The number of rotatable bonds is 8. The van der Waals surface area contributed by atoms with Crippen molar-refractivity contribution in [3.8, 4) is 11.8 Å². The minimum atomic E-state index is -0.427. The minimum Gasteiger partial charge on any atom is -0.484 e. The lowest BCUT2D eigenvalue weighted by molar-refractivity contribution is -0.115. The highest BCUT2D eigenvalue weighted by atomic mass is 35.5. The highest BCUT2D eigenvalue weighted by molar-refractivity contribution is 8.00. The van der Waals surface area contributed by atoms with Gasteiger partial charge in [-0.25, -0.2) is 0 Å². The quantitative estimate of drug-likeness (QED) is 0.422. The molecule has 1 heterocycles. The SMILES string of the molecule is CC(Sc1nnc(COc2ccccc2Cl)n1C1CC1)C(=O)Nc1ccc(C#N)c(Cl)c1. The molecule has 1 unspecified atom stereocenters. The van der Waals surface area contributed by atoms with E-state index in [9.17, 15) is 4.79 Å². The lowest BCUT2D eigenvalue weighted by Gasteiger charge is -2.14. The molecule has 32 heavy (non-hydrogen) atoms. The van der Waals surface area contributed by atoms with Crippen LogP contribution in [0.4, 0.5) is 5.69 Å². The van der Waals surface area contributed by atoms with Gasteiger partial charge in [-0.05, 0) is 50.1 Å². The average molecular weight is 488 g/mol. The monoisotopic (exact) mass is 487 g/mol. The number of para-hydroxylation sites is 1. The summed E-state index contributed by atoms with van der Waals surface area (Å²) in [6.45, 7) is 2.04. The molecule has 0 bridgehead atoms. The molecular weight excluding hydrogens is 469 g/mol. The van der Waals surface area contributed by atoms with Gasteiger partial charge in [-0.3, -0.25) is 9.36 Å². The predicted molar refractivity (Wildman–Crippen MR) is 124 cm³/mol. The fourth-order valence-corrected chi connectivity index (χ4v) is 4.38. The second-order valence-electron chi connectivity index (χ2n) is 7.27. The molecule has 1 aliphatic rings. The number of ether oxygens (including phenoxy) is 1. The number of thioether (sulfide) groups is 1. The molecule has 1 amide bonds. The molecular formula is C22H19Cl2N5O2S. The van der Waals surface area contributed by atoms with Gasteiger partial charge in [-0.2, -0.15) is 5.26 Å². The number of nitrogens with one attached hydrogen (secondary N) is 1. The van der Waals surface area contributed by atoms with Crippen LogP contribution in [0.25, 0.3) is 0 Å². The molecule has 1 aromatic heterocycles. The Kier molecular flexibility index (Phi) is 6.89. The van der Waals surface area contributed by atoms with Gasteiger partial charge in [0.15, 0.2) is 11.0 Å². The van der Waals surface area contributed by atoms with Crippen LogP contribution in [-0.4, -0.2) is 25.9 Å². The first-order valence-corrected chi connectivity index (χ1v) is 11.6. The number of anilines is 1. The van der Waals surface area contributed by atoms with Crippen LogP contribution in [0.2, 0.25) is 10.0 Å². The van der Waals surface area contributed by atoms with Crippen molar-refractivity contribution in [3.05, 3.63) is 63.9 Å². The van der Waals surface area contributed by atoms with Crippen LogP contribution in [0.3, 0.4) is 0 Å². The highest BCUT2D eigenvalue weighted by Gasteiger charge is 2.31. The smallest absolute Gasteiger partial charge is 0.237 e. The number of nitriles is 1. The zero-order valence-electron chi connectivity index (χ0n) is 17.1. The van der Waals surface area contributed by atoms with Gasteiger partial charge in [-0.15, -0.1) is 10.2 Å². The minimum absolute atomic E-state index is 0.199. The van der Waals surface area contributed by atoms with Crippen molar-refractivity contribution in [2.45, 2.75) is 42.8 Å². The second-order valence-corrected chi connectivity index (χ2v) is 9.40. The van der Waals surface area contributed by atoms with Gasteiger partial charge < -0.3 is 10.1 Å². The van der Waals surface area contributed by atoms with E-state index in [1.807, 2.05) is 22.8 Å². The van der Waals surface area contributed by atoms with E-state index in [0.717, 1.165) is 12.8 Å². The van der Waals surface area contributed by atoms with E-state index in [-0.39, 0.29) is 12.5 Å². The number of carbonyl (C=O) groups is 1. The first kappa shape index (κ1) is 22.5. The lowest BCUT2D eigenvalue weighted by Crippen LogP contribution is -2.23. The lowest BCUT2D eigenvalue weighted by atomic mass is 10.2. The summed E-state index contributed by atoms with van der Waals surface area (Å²) in [6, 6.07) is 14.4. The molecule has 10 heteroatoms. The Morgan fingerprint density at radius 1 is 1.28 bits per heavy atom. The van der Waals surface area contributed by atoms with Crippen molar-refractivity contribution < 1.29 is 9.53 Å².